The number of halogens is 2. The largest absolute Gasteiger partial charge is 0.460 e. The van der Waals surface area contributed by atoms with E-state index in [1.54, 1.807) is 30.3 Å². The molecule has 1 aliphatic carbocycles. The number of hydrogen-bond donors (Lipinski definition) is 2. The summed E-state index contributed by atoms with van der Waals surface area (Å²) >= 11 is 11.1. The van der Waals surface area contributed by atoms with Gasteiger partial charge in [0.2, 0.25) is 0 Å². The van der Waals surface area contributed by atoms with Gasteiger partial charge in [-0.25, -0.2) is 9.18 Å². The van der Waals surface area contributed by atoms with Crippen molar-refractivity contribution < 1.29 is 13.9 Å². The van der Waals surface area contributed by atoms with Gasteiger partial charge in [-0.1, -0.05) is 29.8 Å². The van der Waals surface area contributed by atoms with E-state index in [0.717, 1.165) is 17.5 Å². The molecule has 4 nitrogen and oxygen atoms in total. The van der Waals surface area contributed by atoms with Crippen molar-refractivity contribution >= 4 is 34.9 Å². The predicted octanol–water partition coefficient (Wildman–Crippen LogP) is 3.79. The Labute approximate surface area is 161 Å². The molecule has 0 saturated carbocycles. The van der Waals surface area contributed by atoms with E-state index in [1.807, 2.05) is 6.07 Å². The quantitative estimate of drug-likeness (QED) is 0.460. The minimum Gasteiger partial charge on any atom is -0.460 e. The van der Waals surface area contributed by atoms with Crippen molar-refractivity contribution in [3.63, 3.8) is 0 Å². The van der Waals surface area contributed by atoms with Crippen LogP contribution in [0.1, 0.15) is 33.9 Å². The number of hydrogen-bond acceptors (Lipinski definition) is 3. The van der Waals surface area contributed by atoms with Crippen molar-refractivity contribution in [3.8, 4) is 0 Å². The van der Waals surface area contributed by atoms with Crippen LogP contribution in [0.4, 0.5) is 4.39 Å². The van der Waals surface area contributed by atoms with E-state index in [1.165, 1.54) is 6.07 Å². The van der Waals surface area contributed by atoms with E-state index in [-0.39, 0.29) is 18.5 Å². The second kappa shape index (κ2) is 8.47. The number of benzene rings is 2. The molecular formula is C19H18ClFN2O2S. The number of ether oxygens (including phenoxy) is 1. The summed E-state index contributed by atoms with van der Waals surface area (Å²) in [6.07, 6.45) is 1.49. The van der Waals surface area contributed by atoms with Crippen LogP contribution in [0.15, 0.2) is 42.5 Å². The normalized spacial score (nSPS) is 15.2. The van der Waals surface area contributed by atoms with Gasteiger partial charge in [-0.2, -0.15) is 0 Å². The number of nitrogens with one attached hydrogen (secondary N) is 2. The van der Waals surface area contributed by atoms with Crippen molar-refractivity contribution in [1.82, 2.24) is 10.6 Å². The molecule has 136 valence electrons. The molecule has 7 heteroatoms. The zero-order valence-corrected chi connectivity index (χ0v) is 15.5. The van der Waals surface area contributed by atoms with Gasteiger partial charge in [-0.3, -0.25) is 0 Å². The number of thiocarbonyl (C=S) groups is 1. The Bertz CT molecular complexity index is 831. The van der Waals surface area contributed by atoms with Crippen LogP contribution in [-0.4, -0.2) is 24.2 Å². The average Bonchev–Trinajstić information content (AvgIpc) is 3.03. The maximum Gasteiger partial charge on any atom is 0.338 e. The van der Waals surface area contributed by atoms with Gasteiger partial charge in [0.25, 0.3) is 0 Å². The van der Waals surface area contributed by atoms with Gasteiger partial charge in [0, 0.05) is 5.02 Å². The van der Waals surface area contributed by atoms with Gasteiger partial charge in [0.15, 0.2) is 5.11 Å². The minimum absolute atomic E-state index is 0.00490. The van der Waals surface area contributed by atoms with E-state index in [4.69, 9.17) is 28.6 Å². The molecule has 2 aromatic carbocycles. The summed E-state index contributed by atoms with van der Waals surface area (Å²) in [7, 11) is 0. The zero-order chi connectivity index (χ0) is 18.5. The number of rotatable bonds is 5. The maximum atomic E-state index is 13.8. The molecule has 2 N–H and O–H groups in total. The molecule has 1 unspecified atom stereocenters. The maximum absolute atomic E-state index is 13.8. The first kappa shape index (κ1) is 18.6. The Morgan fingerprint density at radius 2 is 2.12 bits per heavy atom. The number of fused-ring (bicyclic) bond motifs is 1. The minimum atomic E-state index is -0.437. The molecule has 0 amide bonds. The molecule has 0 spiro atoms. The summed E-state index contributed by atoms with van der Waals surface area (Å²) < 4.78 is 18.9. The monoisotopic (exact) mass is 392 g/mol. The van der Waals surface area contributed by atoms with Gasteiger partial charge >= 0.3 is 5.97 Å². The molecule has 3 rings (SSSR count). The summed E-state index contributed by atoms with van der Waals surface area (Å²) in [5.41, 5.74) is 2.10. The Hall–Kier alpha value is -2.18. The Morgan fingerprint density at radius 3 is 2.92 bits per heavy atom. The van der Waals surface area contributed by atoms with Gasteiger partial charge in [-0.15, -0.1) is 0 Å². The molecule has 26 heavy (non-hydrogen) atoms. The lowest BCUT2D eigenvalue weighted by Crippen LogP contribution is -2.38. The molecular weight excluding hydrogens is 375 g/mol. The fourth-order valence-electron chi connectivity index (χ4n) is 2.98. The highest BCUT2D eigenvalue weighted by Crippen LogP contribution is 2.32. The van der Waals surface area contributed by atoms with E-state index in [9.17, 15) is 9.18 Å². The lowest BCUT2D eigenvalue weighted by atomic mass is 10.1. The zero-order valence-electron chi connectivity index (χ0n) is 13.9. The molecule has 0 aromatic heterocycles. The highest BCUT2D eigenvalue weighted by atomic mass is 35.5. The molecule has 1 atom stereocenters. The summed E-state index contributed by atoms with van der Waals surface area (Å²) in [5, 5.41) is 7.11. The van der Waals surface area contributed by atoms with Crippen LogP contribution < -0.4 is 10.6 Å². The van der Waals surface area contributed by atoms with E-state index < -0.39 is 5.97 Å². The summed E-state index contributed by atoms with van der Waals surface area (Å²) in [4.78, 5) is 11.9. The molecule has 1 aliphatic rings. The van der Waals surface area contributed by atoms with Crippen molar-refractivity contribution in [2.45, 2.75) is 18.9 Å². The smallest absolute Gasteiger partial charge is 0.338 e. The molecule has 0 aliphatic heterocycles. The first-order valence-corrected chi connectivity index (χ1v) is 9.07. The van der Waals surface area contributed by atoms with Gasteiger partial charge < -0.3 is 15.4 Å². The lowest BCUT2D eigenvalue weighted by molar-refractivity contribution is 0.0512. The average molecular weight is 393 g/mol. The fourth-order valence-corrected chi connectivity index (χ4v) is 3.41. The second-order valence-electron chi connectivity index (χ2n) is 5.95. The Morgan fingerprint density at radius 1 is 1.31 bits per heavy atom. The second-order valence-corrected chi connectivity index (χ2v) is 6.79. The van der Waals surface area contributed by atoms with E-state index in [0.29, 0.717) is 28.7 Å². The Kier molecular flexibility index (Phi) is 6.06. The highest BCUT2D eigenvalue weighted by Gasteiger charge is 2.25. The van der Waals surface area contributed by atoms with Crippen molar-refractivity contribution in [2.75, 3.05) is 13.2 Å². The molecule has 0 radical (unpaired) electrons. The highest BCUT2D eigenvalue weighted by molar-refractivity contribution is 7.80. The number of carbonyl (C=O) groups is 1. The van der Waals surface area contributed by atoms with Crippen LogP contribution >= 0.6 is 23.8 Å². The first-order valence-electron chi connectivity index (χ1n) is 8.29. The third-order valence-electron chi connectivity index (χ3n) is 4.20. The van der Waals surface area contributed by atoms with Crippen LogP contribution in [0, 0.1) is 5.82 Å². The number of carbonyl (C=O) groups excluding carboxylic acids is 1. The topological polar surface area (TPSA) is 50.4 Å². The predicted molar refractivity (Wildman–Crippen MR) is 103 cm³/mol. The molecule has 0 fully saturated rings. The third-order valence-corrected chi connectivity index (χ3v) is 4.70. The van der Waals surface area contributed by atoms with Crippen molar-refractivity contribution in [2.24, 2.45) is 0 Å². The van der Waals surface area contributed by atoms with Crippen LogP contribution in [0.2, 0.25) is 5.02 Å². The van der Waals surface area contributed by atoms with E-state index in [2.05, 4.69) is 10.6 Å². The Balaban J connectivity index is 1.42. The standard InChI is InChI=1S/C19H18ClFN2O2S/c20-13-4-1-3-12(11-13)18(24)25-10-9-22-19(26)23-17-8-7-14-15(17)5-2-6-16(14)21/h1-6,11,17H,7-10H2,(H2,22,23,26). The fraction of sp³-hybridized carbons (Fsp3) is 0.263. The summed E-state index contributed by atoms with van der Waals surface area (Å²) in [6.45, 7) is 0.546. The summed E-state index contributed by atoms with van der Waals surface area (Å²) in [6, 6.07) is 11.7. The summed E-state index contributed by atoms with van der Waals surface area (Å²) in [5.74, 6) is -0.605. The molecule has 2 aromatic rings. The molecule has 0 saturated heterocycles. The first-order chi connectivity index (χ1) is 12.5. The van der Waals surface area contributed by atoms with Crippen molar-refractivity contribution in [3.05, 3.63) is 70.0 Å². The molecule has 0 bridgehead atoms. The van der Waals surface area contributed by atoms with Crippen LogP contribution in [0.5, 0.6) is 0 Å². The SMILES string of the molecule is O=C(OCCNC(=S)NC1CCc2c(F)cccc21)c1cccc(Cl)c1. The van der Waals surface area contributed by atoms with E-state index >= 15 is 0 Å². The van der Waals surface area contributed by atoms with Gasteiger partial charge in [0.05, 0.1) is 18.2 Å². The van der Waals surface area contributed by atoms with Crippen LogP contribution in [-0.2, 0) is 11.2 Å². The molecule has 0 heterocycles. The van der Waals surface area contributed by atoms with Crippen molar-refractivity contribution in [1.29, 1.82) is 0 Å². The van der Waals surface area contributed by atoms with Crippen LogP contribution in [0.25, 0.3) is 0 Å². The third kappa shape index (κ3) is 4.51. The lowest BCUT2D eigenvalue weighted by Gasteiger charge is -2.17. The van der Waals surface area contributed by atoms with Gasteiger partial charge in [-0.05, 0) is 60.5 Å². The number of esters is 1. The van der Waals surface area contributed by atoms with Crippen LogP contribution in [0.3, 0.4) is 0 Å². The van der Waals surface area contributed by atoms with Gasteiger partial charge in [0.1, 0.15) is 12.4 Å².